The molecule has 0 saturated carbocycles. The van der Waals surface area contributed by atoms with Gasteiger partial charge in [0.15, 0.2) is 11.5 Å². The van der Waals surface area contributed by atoms with E-state index in [1.165, 1.54) is 31.3 Å². The first kappa shape index (κ1) is 17.2. The van der Waals surface area contributed by atoms with Crippen molar-refractivity contribution in [2.75, 3.05) is 20.4 Å². The highest BCUT2D eigenvalue weighted by atomic mass is 32.2. The molecule has 0 aliphatic carbocycles. The number of carbonyl (C=O) groups excluding carboxylic acids is 1. The van der Waals surface area contributed by atoms with Crippen LogP contribution in [-0.2, 0) is 16.4 Å². The summed E-state index contributed by atoms with van der Waals surface area (Å²) < 4.78 is 36.1. The lowest BCUT2D eigenvalue weighted by Gasteiger charge is -2.07. The van der Waals surface area contributed by atoms with Crippen molar-refractivity contribution in [3.63, 3.8) is 0 Å². The third-order valence-electron chi connectivity index (χ3n) is 3.83. The number of hydrogen-bond donors (Lipinski definition) is 2. The first-order chi connectivity index (χ1) is 12.0. The van der Waals surface area contributed by atoms with E-state index in [1.54, 1.807) is 0 Å². The molecule has 0 radical (unpaired) electrons. The van der Waals surface area contributed by atoms with Gasteiger partial charge in [0.2, 0.25) is 16.8 Å². The number of sulfonamides is 1. The molecule has 0 fully saturated rings. The Morgan fingerprint density at radius 1 is 1.08 bits per heavy atom. The summed E-state index contributed by atoms with van der Waals surface area (Å²) in [6.07, 6.45) is 0.647. The zero-order valence-corrected chi connectivity index (χ0v) is 14.4. The summed E-state index contributed by atoms with van der Waals surface area (Å²) in [5.74, 6) is 1.18. The number of fused-ring (bicyclic) bond motifs is 1. The van der Waals surface area contributed by atoms with Crippen molar-refractivity contribution in [3.05, 3.63) is 53.6 Å². The van der Waals surface area contributed by atoms with E-state index in [-0.39, 0.29) is 17.6 Å². The molecule has 0 spiro atoms. The van der Waals surface area contributed by atoms with Gasteiger partial charge in [0, 0.05) is 12.1 Å². The third kappa shape index (κ3) is 3.92. The van der Waals surface area contributed by atoms with Gasteiger partial charge in [-0.1, -0.05) is 6.07 Å². The van der Waals surface area contributed by atoms with Gasteiger partial charge in [-0.05, 0) is 55.4 Å². The normalized spacial score (nSPS) is 12.8. The summed E-state index contributed by atoms with van der Waals surface area (Å²) >= 11 is 0. The zero-order chi connectivity index (χ0) is 17.9. The summed E-state index contributed by atoms with van der Waals surface area (Å²) in [4.78, 5) is 12.2. The van der Waals surface area contributed by atoms with E-state index in [4.69, 9.17) is 9.47 Å². The first-order valence-electron chi connectivity index (χ1n) is 7.70. The SMILES string of the molecule is CNS(=O)(=O)c1ccc(C(=O)NCCc2ccc3c(c2)OCO3)cc1. The van der Waals surface area contributed by atoms with Gasteiger partial charge in [-0.25, -0.2) is 13.1 Å². The fourth-order valence-corrected chi connectivity index (χ4v) is 3.15. The van der Waals surface area contributed by atoms with Gasteiger partial charge >= 0.3 is 0 Å². The predicted molar refractivity (Wildman–Crippen MR) is 91.3 cm³/mol. The minimum Gasteiger partial charge on any atom is -0.454 e. The fourth-order valence-electron chi connectivity index (χ4n) is 2.42. The van der Waals surface area contributed by atoms with Crippen LogP contribution in [0.15, 0.2) is 47.4 Å². The number of ether oxygens (including phenoxy) is 2. The summed E-state index contributed by atoms with van der Waals surface area (Å²) in [6.45, 7) is 0.684. The Labute approximate surface area is 146 Å². The first-order valence-corrected chi connectivity index (χ1v) is 9.18. The van der Waals surface area contributed by atoms with Crippen molar-refractivity contribution in [2.24, 2.45) is 0 Å². The minimum absolute atomic E-state index is 0.118. The van der Waals surface area contributed by atoms with Crippen LogP contribution in [0.4, 0.5) is 0 Å². The molecule has 8 heteroatoms. The number of nitrogens with one attached hydrogen (secondary N) is 2. The van der Waals surface area contributed by atoms with Gasteiger partial charge in [-0.3, -0.25) is 4.79 Å². The van der Waals surface area contributed by atoms with Crippen LogP contribution in [0.1, 0.15) is 15.9 Å². The van der Waals surface area contributed by atoms with Crippen molar-refractivity contribution >= 4 is 15.9 Å². The lowest BCUT2D eigenvalue weighted by Crippen LogP contribution is -2.26. The van der Waals surface area contributed by atoms with E-state index in [0.29, 0.717) is 24.3 Å². The van der Waals surface area contributed by atoms with E-state index >= 15 is 0 Å². The molecule has 3 rings (SSSR count). The summed E-state index contributed by atoms with van der Waals surface area (Å²) in [7, 11) is -2.16. The van der Waals surface area contributed by atoms with Gasteiger partial charge in [0.05, 0.1) is 4.90 Å². The van der Waals surface area contributed by atoms with Gasteiger partial charge in [0.1, 0.15) is 0 Å². The molecule has 1 heterocycles. The Hall–Kier alpha value is -2.58. The average Bonchev–Trinajstić information content (AvgIpc) is 3.09. The van der Waals surface area contributed by atoms with Crippen LogP contribution in [0.3, 0.4) is 0 Å². The van der Waals surface area contributed by atoms with Crippen molar-refractivity contribution in [2.45, 2.75) is 11.3 Å². The van der Waals surface area contributed by atoms with E-state index in [2.05, 4.69) is 10.0 Å². The smallest absolute Gasteiger partial charge is 0.251 e. The Bertz CT molecular complexity index is 878. The van der Waals surface area contributed by atoms with Crippen molar-refractivity contribution < 1.29 is 22.7 Å². The molecule has 2 N–H and O–H groups in total. The maximum atomic E-state index is 12.1. The van der Waals surface area contributed by atoms with Gasteiger partial charge in [-0.2, -0.15) is 0 Å². The number of amides is 1. The maximum Gasteiger partial charge on any atom is 0.251 e. The van der Waals surface area contributed by atoms with Crippen LogP contribution in [0, 0.1) is 0 Å². The molecule has 25 heavy (non-hydrogen) atoms. The largest absolute Gasteiger partial charge is 0.454 e. The predicted octanol–water partition coefficient (Wildman–Crippen LogP) is 1.30. The molecule has 0 saturated heterocycles. The molecular weight excluding hydrogens is 344 g/mol. The van der Waals surface area contributed by atoms with Crippen LogP contribution in [-0.4, -0.2) is 34.7 Å². The van der Waals surface area contributed by atoms with E-state index < -0.39 is 10.0 Å². The number of carbonyl (C=O) groups is 1. The molecule has 0 atom stereocenters. The van der Waals surface area contributed by atoms with Gasteiger partial charge < -0.3 is 14.8 Å². The van der Waals surface area contributed by atoms with E-state index in [9.17, 15) is 13.2 Å². The second kappa shape index (κ2) is 7.12. The third-order valence-corrected chi connectivity index (χ3v) is 5.26. The lowest BCUT2D eigenvalue weighted by molar-refractivity contribution is 0.0954. The minimum atomic E-state index is -3.50. The van der Waals surface area contributed by atoms with Gasteiger partial charge in [-0.15, -0.1) is 0 Å². The highest BCUT2D eigenvalue weighted by molar-refractivity contribution is 7.89. The van der Waals surface area contributed by atoms with E-state index in [0.717, 1.165) is 11.3 Å². The summed E-state index contributed by atoms with van der Waals surface area (Å²) in [6, 6.07) is 11.4. The quantitative estimate of drug-likeness (QED) is 0.808. The number of hydrogen-bond acceptors (Lipinski definition) is 5. The van der Waals surface area contributed by atoms with E-state index in [1.807, 2.05) is 18.2 Å². The van der Waals surface area contributed by atoms with Crippen molar-refractivity contribution in [1.29, 1.82) is 0 Å². The monoisotopic (exact) mass is 362 g/mol. The van der Waals surface area contributed by atoms with Crippen LogP contribution >= 0.6 is 0 Å². The lowest BCUT2D eigenvalue weighted by atomic mass is 10.1. The number of benzene rings is 2. The molecule has 0 bridgehead atoms. The zero-order valence-electron chi connectivity index (χ0n) is 13.6. The highest BCUT2D eigenvalue weighted by Crippen LogP contribution is 2.32. The maximum absolute atomic E-state index is 12.1. The van der Waals surface area contributed by atoms with Crippen LogP contribution in [0.5, 0.6) is 11.5 Å². The average molecular weight is 362 g/mol. The molecule has 1 amide bonds. The molecule has 1 aliphatic rings. The van der Waals surface area contributed by atoms with Crippen molar-refractivity contribution in [1.82, 2.24) is 10.0 Å². The topological polar surface area (TPSA) is 93.7 Å². The van der Waals surface area contributed by atoms with Crippen molar-refractivity contribution in [3.8, 4) is 11.5 Å². The Morgan fingerprint density at radius 2 is 1.80 bits per heavy atom. The Morgan fingerprint density at radius 3 is 2.52 bits per heavy atom. The summed E-state index contributed by atoms with van der Waals surface area (Å²) in [5, 5.41) is 2.81. The second-order valence-electron chi connectivity index (χ2n) is 5.43. The number of rotatable bonds is 6. The highest BCUT2D eigenvalue weighted by Gasteiger charge is 2.14. The van der Waals surface area contributed by atoms with Gasteiger partial charge in [0.25, 0.3) is 5.91 Å². The molecule has 7 nitrogen and oxygen atoms in total. The molecular formula is C17H18N2O5S. The molecule has 0 unspecified atom stereocenters. The molecule has 2 aromatic rings. The van der Waals surface area contributed by atoms with Crippen LogP contribution in [0.2, 0.25) is 0 Å². The second-order valence-corrected chi connectivity index (χ2v) is 7.31. The van der Waals surface area contributed by atoms with Crippen LogP contribution in [0.25, 0.3) is 0 Å². The Balaban J connectivity index is 1.56. The fraction of sp³-hybridized carbons (Fsp3) is 0.235. The Kier molecular flexibility index (Phi) is 4.91. The molecule has 132 valence electrons. The summed E-state index contributed by atoms with van der Waals surface area (Å²) in [5.41, 5.74) is 1.43. The standard InChI is InChI=1S/C17H18N2O5S/c1-18-25(21,22)14-5-3-13(4-6-14)17(20)19-9-8-12-2-7-15-16(10-12)24-11-23-15/h2-7,10,18H,8-9,11H2,1H3,(H,19,20). The van der Waals surface area contributed by atoms with Crippen LogP contribution < -0.4 is 19.5 Å². The molecule has 1 aliphatic heterocycles. The molecule has 2 aromatic carbocycles. The molecule has 0 aromatic heterocycles.